The molecule has 244 valence electrons. The molecule has 45 heavy (non-hydrogen) atoms. The molecule has 1 saturated heterocycles. The Bertz CT molecular complexity index is 1540. The van der Waals surface area contributed by atoms with Crippen LogP contribution in [0.15, 0.2) is 18.2 Å². The van der Waals surface area contributed by atoms with E-state index in [1.54, 1.807) is 6.07 Å². The van der Waals surface area contributed by atoms with E-state index in [-0.39, 0.29) is 26.4 Å². The van der Waals surface area contributed by atoms with Crippen LogP contribution < -0.4 is 0 Å². The van der Waals surface area contributed by atoms with Crippen molar-refractivity contribution in [3.05, 3.63) is 63.0 Å². The number of nitriles is 1. The molecule has 4 atom stereocenters. The van der Waals surface area contributed by atoms with Crippen LogP contribution >= 0.6 is 22.6 Å². The van der Waals surface area contributed by atoms with Crippen LogP contribution in [0.1, 0.15) is 130 Å². The van der Waals surface area contributed by atoms with Gasteiger partial charge in [-0.15, -0.1) is 0 Å². The van der Waals surface area contributed by atoms with Crippen LogP contribution in [-0.4, -0.2) is 30.4 Å². The van der Waals surface area contributed by atoms with Crippen molar-refractivity contribution in [3.63, 3.8) is 0 Å². The minimum absolute atomic E-state index is 0.0149. The highest BCUT2D eigenvalue weighted by atomic mass is 127. The lowest BCUT2D eigenvalue weighted by atomic mass is 9.58. The Kier molecular flexibility index (Phi) is 8.37. The molecule has 0 amide bonds. The van der Waals surface area contributed by atoms with Gasteiger partial charge in [0.25, 0.3) is 0 Å². The van der Waals surface area contributed by atoms with Crippen LogP contribution in [0.3, 0.4) is 0 Å². The number of fused-ring (bicyclic) bond motifs is 4. The number of pyridine rings is 1. The fraction of sp³-hybridized carbons (Fsp3) is 0.657. The third kappa shape index (κ3) is 5.50. The second-order valence-electron chi connectivity index (χ2n) is 15.5. The molecular formula is C35H44F3IN2O3Si. The van der Waals surface area contributed by atoms with Gasteiger partial charge in [-0.3, -0.25) is 4.98 Å². The Morgan fingerprint density at radius 3 is 2.40 bits per heavy atom. The average Bonchev–Trinajstić information content (AvgIpc) is 3.27. The van der Waals surface area contributed by atoms with E-state index in [1.807, 2.05) is 0 Å². The van der Waals surface area contributed by atoms with Gasteiger partial charge in [-0.2, -0.15) is 18.4 Å². The molecule has 3 unspecified atom stereocenters. The van der Waals surface area contributed by atoms with E-state index in [9.17, 15) is 18.4 Å². The lowest BCUT2D eigenvalue weighted by Crippen LogP contribution is -2.48. The van der Waals surface area contributed by atoms with E-state index < -0.39 is 37.3 Å². The van der Waals surface area contributed by atoms with Crippen molar-refractivity contribution >= 4 is 30.9 Å². The molecule has 0 N–H and O–H groups in total. The van der Waals surface area contributed by atoms with Gasteiger partial charge in [0.05, 0.1) is 33.8 Å². The predicted molar refractivity (Wildman–Crippen MR) is 178 cm³/mol. The van der Waals surface area contributed by atoms with Crippen molar-refractivity contribution in [2.45, 2.75) is 125 Å². The second kappa shape index (κ2) is 11.3. The molecule has 1 aromatic carbocycles. The largest absolute Gasteiger partial charge is 0.417 e. The molecule has 2 aromatic rings. The Morgan fingerprint density at radius 2 is 1.84 bits per heavy atom. The summed E-state index contributed by atoms with van der Waals surface area (Å²) < 4.78 is 62.0. The van der Waals surface area contributed by atoms with Crippen LogP contribution in [0.5, 0.6) is 0 Å². The fourth-order valence-electron chi connectivity index (χ4n) is 7.68. The summed E-state index contributed by atoms with van der Waals surface area (Å²) in [6.07, 6.45) is 0.646. The number of halogens is 4. The maximum atomic E-state index is 13.8. The van der Waals surface area contributed by atoms with Crippen molar-refractivity contribution in [2.24, 2.45) is 5.41 Å². The van der Waals surface area contributed by atoms with Crippen LogP contribution in [-0.2, 0) is 32.1 Å². The monoisotopic (exact) mass is 752 g/mol. The number of hydrogen-bond acceptors (Lipinski definition) is 5. The molecule has 1 saturated carbocycles. The zero-order chi connectivity index (χ0) is 32.7. The molecule has 6 rings (SSSR count). The van der Waals surface area contributed by atoms with Gasteiger partial charge < -0.3 is 13.9 Å². The number of hydrogen-bond donors (Lipinski definition) is 0. The molecule has 5 nitrogen and oxygen atoms in total. The van der Waals surface area contributed by atoms with Crippen molar-refractivity contribution in [2.75, 3.05) is 13.2 Å². The first-order valence-corrected chi connectivity index (χ1v) is 20.3. The molecule has 0 bridgehead atoms. The maximum absolute atomic E-state index is 13.8. The smallest absolute Gasteiger partial charge is 0.410 e. The summed E-state index contributed by atoms with van der Waals surface area (Å²) >= 11 is 2.44. The first kappa shape index (κ1) is 33.4. The van der Waals surface area contributed by atoms with Crippen LogP contribution in [0, 0.1) is 16.7 Å². The standard InChI is InChI=1S/C35H44F3IN2O3Si/c1-20(2)30-28-29(27-24(41-30)16-33(11-8-12-33)17-25(27)44-45(6,7)32(3,4)5)34(13-14-42-19-26(34)39)43-31(28)21-9-10-23(35(36,37)38)22(15-21)18-40/h9-10,15,20,25-26,31H,8,11-14,16-17,19H2,1-7H3/t25?,26?,31-,34?/m1/s1. The van der Waals surface area contributed by atoms with Gasteiger partial charge in [0.15, 0.2) is 8.32 Å². The molecule has 3 heterocycles. The fourth-order valence-corrected chi connectivity index (χ4v) is 9.97. The molecule has 0 radical (unpaired) electrons. The van der Waals surface area contributed by atoms with Crippen LogP contribution in [0.25, 0.3) is 0 Å². The van der Waals surface area contributed by atoms with E-state index in [4.69, 9.17) is 18.9 Å². The van der Waals surface area contributed by atoms with Gasteiger partial charge in [-0.1, -0.05) is 69.7 Å². The Hall–Kier alpha value is -1.52. The first-order valence-electron chi connectivity index (χ1n) is 16.2. The van der Waals surface area contributed by atoms with Crippen LogP contribution in [0.2, 0.25) is 18.1 Å². The zero-order valence-electron chi connectivity index (χ0n) is 27.3. The average molecular weight is 753 g/mol. The quantitative estimate of drug-likeness (QED) is 0.177. The lowest BCUT2D eigenvalue weighted by molar-refractivity contribution is -0.137. The maximum Gasteiger partial charge on any atom is 0.417 e. The number of alkyl halides is 4. The summed E-state index contributed by atoms with van der Waals surface area (Å²) in [5.41, 5.74) is 3.95. The lowest BCUT2D eigenvalue weighted by Gasteiger charge is -2.51. The summed E-state index contributed by atoms with van der Waals surface area (Å²) in [4.78, 5) is 5.46. The van der Waals surface area contributed by atoms with Gasteiger partial charge in [-0.05, 0) is 72.8 Å². The Morgan fingerprint density at radius 1 is 1.13 bits per heavy atom. The highest BCUT2D eigenvalue weighted by Crippen LogP contribution is 2.62. The number of aromatic nitrogens is 1. The minimum atomic E-state index is -4.62. The van der Waals surface area contributed by atoms with E-state index in [1.165, 1.54) is 31.4 Å². The van der Waals surface area contributed by atoms with Crippen molar-refractivity contribution in [1.29, 1.82) is 5.26 Å². The molecule has 2 aliphatic carbocycles. The molecule has 10 heteroatoms. The molecule has 2 spiro atoms. The SMILES string of the molecule is CC(C)c1nc2c(c3c1[C@@H](c1ccc(C(F)(F)F)c(C#N)c1)OC31CCOCC1I)C(O[Si](C)(C)C(C)(C)C)CC1(CCC1)C2. The van der Waals surface area contributed by atoms with Gasteiger partial charge in [-0.25, -0.2) is 0 Å². The summed E-state index contributed by atoms with van der Waals surface area (Å²) in [7, 11) is -2.21. The highest BCUT2D eigenvalue weighted by molar-refractivity contribution is 14.1. The van der Waals surface area contributed by atoms with E-state index in [2.05, 4.69) is 70.3 Å². The normalized spacial score (nSPS) is 27.8. The Balaban J connectivity index is 1.63. The first-order chi connectivity index (χ1) is 20.9. The summed E-state index contributed by atoms with van der Waals surface area (Å²) in [5, 5.41) is 9.80. The van der Waals surface area contributed by atoms with Crippen molar-refractivity contribution in [1.82, 2.24) is 4.98 Å². The van der Waals surface area contributed by atoms with E-state index >= 15 is 0 Å². The molecule has 2 fully saturated rings. The number of benzene rings is 1. The van der Waals surface area contributed by atoms with Crippen LogP contribution in [0.4, 0.5) is 13.2 Å². The van der Waals surface area contributed by atoms with Gasteiger partial charge in [0.2, 0.25) is 0 Å². The summed E-state index contributed by atoms with van der Waals surface area (Å²) in [5.74, 6) is 0.0571. The summed E-state index contributed by atoms with van der Waals surface area (Å²) in [6, 6.07) is 5.67. The highest BCUT2D eigenvalue weighted by Gasteiger charge is 2.58. The summed E-state index contributed by atoms with van der Waals surface area (Å²) in [6.45, 7) is 16.7. The van der Waals surface area contributed by atoms with Gasteiger partial charge in [0.1, 0.15) is 11.7 Å². The molecule has 2 aliphatic heterocycles. The van der Waals surface area contributed by atoms with Crippen molar-refractivity contribution in [3.8, 4) is 6.07 Å². The Labute approximate surface area is 279 Å². The number of nitrogens with zero attached hydrogens (tertiary/aromatic N) is 2. The zero-order valence-corrected chi connectivity index (χ0v) is 30.5. The van der Waals surface area contributed by atoms with Gasteiger partial charge >= 0.3 is 6.18 Å². The topological polar surface area (TPSA) is 64.4 Å². The second-order valence-corrected chi connectivity index (χ2v) is 21.8. The third-order valence-corrected chi connectivity index (χ3v) is 17.1. The predicted octanol–water partition coefficient (Wildman–Crippen LogP) is 9.81. The number of rotatable bonds is 4. The minimum Gasteiger partial charge on any atom is -0.410 e. The third-order valence-electron chi connectivity index (χ3n) is 11.2. The van der Waals surface area contributed by atoms with Gasteiger partial charge in [0, 0.05) is 41.1 Å². The molecular weight excluding hydrogens is 708 g/mol. The number of ether oxygens (including phenoxy) is 2. The van der Waals surface area contributed by atoms with E-state index in [0.29, 0.717) is 25.2 Å². The molecule has 1 aromatic heterocycles. The molecule has 4 aliphatic rings. The van der Waals surface area contributed by atoms with Crippen molar-refractivity contribution < 1.29 is 27.1 Å². The van der Waals surface area contributed by atoms with E-state index in [0.717, 1.165) is 47.0 Å².